The van der Waals surface area contributed by atoms with E-state index in [2.05, 4.69) is 5.32 Å². The SMILES string of the molecule is CC(C)C[C@@H](NC(=O)C(C)Oc1ccc2c(-c3ccccc3)cc(=O)oc2c1)C(=O)O. The Hall–Kier alpha value is -3.61. The fraction of sp³-hybridized carbons (Fsp3) is 0.292. The maximum atomic E-state index is 12.4. The van der Waals surface area contributed by atoms with E-state index in [1.54, 1.807) is 18.2 Å². The molecule has 2 aromatic carbocycles. The monoisotopic (exact) mass is 423 g/mol. The number of fused-ring (bicyclic) bond motifs is 1. The van der Waals surface area contributed by atoms with Crippen molar-refractivity contribution in [2.24, 2.45) is 5.92 Å². The van der Waals surface area contributed by atoms with Crippen LogP contribution in [0.5, 0.6) is 5.75 Å². The van der Waals surface area contributed by atoms with Crippen LogP contribution in [0.3, 0.4) is 0 Å². The molecule has 0 aliphatic rings. The van der Waals surface area contributed by atoms with Crippen molar-refractivity contribution in [3.8, 4) is 16.9 Å². The topological polar surface area (TPSA) is 106 Å². The summed E-state index contributed by atoms with van der Waals surface area (Å²) in [5, 5.41) is 12.6. The van der Waals surface area contributed by atoms with Gasteiger partial charge in [-0.1, -0.05) is 44.2 Å². The molecule has 1 amide bonds. The van der Waals surface area contributed by atoms with Crippen molar-refractivity contribution in [3.05, 3.63) is 65.0 Å². The highest BCUT2D eigenvalue weighted by Gasteiger charge is 2.24. The van der Waals surface area contributed by atoms with Crippen LogP contribution in [0.25, 0.3) is 22.1 Å². The lowest BCUT2D eigenvalue weighted by Gasteiger charge is -2.20. The van der Waals surface area contributed by atoms with Gasteiger partial charge in [-0.15, -0.1) is 0 Å². The molecule has 0 spiro atoms. The summed E-state index contributed by atoms with van der Waals surface area (Å²) in [4.78, 5) is 35.9. The molecule has 3 aromatic rings. The Morgan fingerprint density at radius 1 is 1.06 bits per heavy atom. The number of carbonyl (C=O) groups excluding carboxylic acids is 1. The van der Waals surface area contributed by atoms with Crippen LogP contribution in [-0.2, 0) is 9.59 Å². The zero-order valence-corrected chi connectivity index (χ0v) is 17.6. The molecule has 0 saturated carbocycles. The van der Waals surface area contributed by atoms with Crippen LogP contribution in [0.15, 0.2) is 63.8 Å². The van der Waals surface area contributed by atoms with Gasteiger partial charge in [0, 0.05) is 17.5 Å². The number of rotatable bonds is 8. The Bertz CT molecular complexity index is 1140. The maximum absolute atomic E-state index is 12.4. The molecule has 0 saturated heterocycles. The van der Waals surface area contributed by atoms with Crippen LogP contribution >= 0.6 is 0 Å². The third-order valence-corrected chi connectivity index (χ3v) is 4.80. The Balaban J connectivity index is 1.81. The quantitative estimate of drug-likeness (QED) is 0.533. The van der Waals surface area contributed by atoms with Gasteiger partial charge >= 0.3 is 11.6 Å². The summed E-state index contributed by atoms with van der Waals surface area (Å²) in [7, 11) is 0. The van der Waals surface area contributed by atoms with Gasteiger partial charge in [0.15, 0.2) is 6.10 Å². The lowest BCUT2D eigenvalue weighted by atomic mass is 10.0. The van der Waals surface area contributed by atoms with E-state index in [9.17, 15) is 19.5 Å². The lowest BCUT2D eigenvalue weighted by molar-refractivity contribution is -0.143. The summed E-state index contributed by atoms with van der Waals surface area (Å²) >= 11 is 0. The third kappa shape index (κ3) is 5.51. The second kappa shape index (κ2) is 9.47. The minimum absolute atomic E-state index is 0.111. The van der Waals surface area contributed by atoms with E-state index in [0.29, 0.717) is 17.8 Å². The van der Waals surface area contributed by atoms with Gasteiger partial charge in [0.1, 0.15) is 17.4 Å². The molecule has 0 aliphatic heterocycles. The van der Waals surface area contributed by atoms with E-state index in [4.69, 9.17) is 9.15 Å². The average molecular weight is 423 g/mol. The number of carbonyl (C=O) groups is 2. The highest BCUT2D eigenvalue weighted by atomic mass is 16.5. The summed E-state index contributed by atoms with van der Waals surface area (Å²) in [5.41, 5.74) is 1.46. The minimum atomic E-state index is -1.09. The van der Waals surface area contributed by atoms with Gasteiger partial charge < -0.3 is 19.6 Å². The van der Waals surface area contributed by atoms with Gasteiger partial charge in [-0.3, -0.25) is 4.79 Å². The Labute approximate surface area is 179 Å². The van der Waals surface area contributed by atoms with Gasteiger partial charge in [0.2, 0.25) is 0 Å². The molecule has 2 N–H and O–H groups in total. The van der Waals surface area contributed by atoms with Crippen molar-refractivity contribution in [2.45, 2.75) is 39.3 Å². The van der Waals surface area contributed by atoms with E-state index >= 15 is 0 Å². The first kappa shape index (κ1) is 22.1. The van der Waals surface area contributed by atoms with Gasteiger partial charge in [-0.25, -0.2) is 9.59 Å². The standard InChI is InChI=1S/C24H25NO6/c1-14(2)11-20(24(28)29)25-23(27)15(3)30-17-9-10-18-19(16-7-5-4-6-8-16)13-22(26)31-21(18)12-17/h4-10,12-15,20H,11H2,1-3H3,(H,25,27)(H,28,29)/t15?,20-/m1/s1. The maximum Gasteiger partial charge on any atom is 0.336 e. The van der Waals surface area contributed by atoms with Crippen molar-refractivity contribution < 1.29 is 23.8 Å². The third-order valence-electron chi connectivity index (χ3n) is 4.80. The van der Waals surface area contributed by atoms with E-state index < -0.39 is 29.6 Å². The number of carboxylic acid groups (broad SMARTS) is 1. The second-order valence-corrected chi connectivity index (χ2v) is 7.79. The van der Waals surface area contributed by atoms with Crippen LogP contribution < -0.4 is 15.7 Å². The second-order valence-electron chi connectivity index (χ2n) is 7.79. The van der Waals surface area contributed by atoms with Crippen molar-refractivity contribution in [3.63, 3.8) is 0 Å². The number of benzene rings is 2. The highest BCUT2D eigenvalue weighted by Crippen LogP contribution is 2.29. The molecule has 1 heterocycles. The van der Waals surface area contributed by atoms with Gasteiger partial charge in [0.25, 0.3) is 5.91 Å². The molecule has 0 bridgehead atoms. The van der Waals surface area contributed by atoms with Crippen molar-refractivity contribution in [1.29, 1.82) is 0 Å². The van der Waals surface area contributed by atoms with Gasteiger partial charge in [0.05, 0.1) is 0 Å². The number of ether oxygens (including phenoxy) is 1. The molecule has 3 rings (SSSR count). The molecule has 0 radical (unpaired) electrons. The molecule has 31 heavy (non-hydrogen) atoms. The van der Waals surface area contributed by atoms with Crippen LogP contribution in [0.1, 0.15) is 27.2 Å². The summed E-state index contributed by atoms with van der Waals surface area (Å²) in [5.74, 6) is -1.18. The number of hydrogen-bond acceptors (Lipinski definition) is 5. The number of nitrogens with one attached hydrogen (secondary N) is 1. The van der Waals surface area contributed by atoms with Crippen molar-refractivity contribution in [2.75, 3.05) is 0 Å². The van der Waals surface area contributed by atoms with Crippen LogP contribution in [0, 0.1) is 5.92 Å². The fourth-order valence-electron chi connectivity index (χ4n) is 3.31. The van der Waals surface area contributed by atoms with E-state index in [0.717, 1.165) is 16.5 Å². The zero-order valence-electron chi connectivity index (χ0n) is 17.6. The Kier molecular flexibility index (Phi) is 6.74. The van der Waals surface area contributed by atoms with E-state index in [1.807, 2.05) is 44.2 Å². The summed E-state index contributed by atoms with van der Waals surface area (Å²) in [6.07, 6.45) is -0.618. The summed E-state index contributed by atoms with van der Waals surface area (Å²) in [6, 6.07) is 14.9. The fourth-order valence-corrected chi connectivity index (χ4v) is 3.31. The predicted octanol–water partition coefficient (Wildman–Crippen LogP) is 3.84. The number of amides is 1. The Morgan fingerprint density at radius 2 is 1.77 bits per heavy atom. The van der Waals surface area contributed by atoms with Crippen molar-refractivity contribution >= 4 is 22.8 Å². The smallest absolute Gasteiger partial charge is 0.336 e. The molecule has 7 heteroatoms. The average Bonchev–Trinajstić information content (AvgIpc) is 2.72. The Morgan fingerprint density at radius 3 is 2.42 bits per heavy atom. The number of carboxylic acids is 1. The minimum Gasteiger partial charge on any atom is -0.481 e. The van der Waals surface area contributed by atoms with Gasteiger partial charge in [-0.2, -0.15) is 0 Å². The molecule has 0 aliphatic carbocycles. The highest BCUT2D eigenvalue weighted by molar-refractivity contribution is 5.94. The molecular formula is C24H25NO6. The zero-order chi connectivity index (χ0) is 22.5. The first-order chi connectivity index (χ1) is 14.7. The summed E-state index contributed by atoms with van der Waals surface area (Å²) in [6.45, 7) is 5.30. The molecule has 1 unspecified atom stereocenters. The van der Waals surface area contributed by atoms with E-state index in [-0.39, 0.29) is 5.92 Å². The van der Waals surface area contributed by atoms with E-state index in [1.165, 1.54) is 13.0 Å². The lowest BCUT2D eigenvalue weighted by Crippen LogP contribution is -2.46. The normalized spacial score (nSPS) is 13.0. The van der Waals surface area contributed by atoms with Crippen molar-refractivity contribution in [1.82, 2.24) is 5.32 Å². The summed E-state index contributed by atoms with van der Waals surface area (Å²) < 4.78 is 11.0. The number of aliphatic carboxylic acids is 1. The first-order valence-corrected chi connectivity index (χ1v) is 10.1. The van der Waals surface area contributed by atoms with Crippen LogP contribution in [0.2, 0.25) is 0 Å². The number of hydrogen-bond donors (Lipinski definition) is 2. The van der Waals surface area contributed by atoms with Gasteiger partial charge in [-0.05, 0) is 42.5 Å². The molecule has 1 aromatic heterocycles. The van der Waals surface area contributed by atoms with Crippen LogP contribution in [0.4, 0.5) is 0 Å². The molecular weight excluding hydrogens is 398 g/mol. The molecule has 0 fully saturated rings. The predicted molar refractivity (Wildman–Crippen MR) is 117 cm³/mol. The largest absolute Gasteiger partial charge is 0.481 e. The molecule has 7 nitrogen and oxygen atoms in total. The first-order valence-electron chi connectivity index (χ1n) is 10.1. The van der Waals surface area contributed by atoms with Crippen LogP contribution in [-0.4, -0.2) is 29.1 Å². The molecule has 2 atom stereocenters. The molecule has 162 valence electrons.